The van der Waals surface area contributed by atoms with Gasteiger partial charge in [0.25, 0.3) is 5.91 Å². The average Bonchev–Trinajstić information content (AvgIpc) is 3.42. The van der Waals surface area contributed by atoms with Crippen LogP contribution in [0.2, 0.25) is 0 Å². The largest absolute Gasteiger partial charge is 0.350 e. The molecule has 0 radical (unpaired) electrons. The summed E-state index contributed by atoms with van der Waals surface area (Å²) in [5.41, 5.74) is 2.18. The summed E-state index contributed by atoms with van der Waals surface area (Å²) in [6, 6.07) is 14.7. The molecular weight excluding hydrogens is 373 g/mol. The number of hydrogen-bond acceptors (Lipinski definition) is 2. The molecule has 1 amide bonds. The third kappa shape index (κ3) is 4.03. The number of thiophene rings is 1. The number of amides is 1. The molecule has 0 aliphatic carbocycles. The Bertz CT molecular complexity index is 920. The molecule has 4 rings (SSSR count). The van der Waals surface area contributed by atoms with Crippen LogP contribution in [-0.2, 0) is 11.8 Å². The van der Waals surface area contributed by atoms with Gasteiger partial charge < -0.3 is 14.8 Å². The summed E-state index contributed by atoms with van der Waals surface area (Å²) >= 11 is 1.60. The van der Waals surface area contributed by atoms with Crippen molar-refractivity contribution in [2.24, 2.45) is 7.05 Å². The number of aromatic nitrogens is 1. The van der Waals surface area contributed by atoms with Gasteiger partial charge >= 0.3 is 0 Å². The van der Waals surface area contributed by atoms with E-state index in [-0.39, 0.29) is 17.8 Å². The predicted octanol–water partition coefficient (Wildman–Crippen LogP) is 2.85. The summed E-state index contributed by atoms with van der Waals surface area (Å²) in [5.74, 6) is -0.245. The maximum atomic E-state index is 13.3. The number of benzene rings is 1. The number of likely N-dealkylation sites (tertiary alicyclic amines) is 1. The molecule has 1 unspecified atom stereocenters. The summed E-state index contributed by atoms with van der Waals surface area (Å²) in [5, 5.41) is 5.18. The lowest BCUT2D eigenvalue weighted by atomic mass is 10.1. The van der Waals surface area contributed by atoms with Gasteiger partial charge in [0.2, 0.25) is 0 Å². The summed E-state index contributed by atoms with van der Waals surface area (Å²) in [6.45, 7) is 1.45. The van der Waals surface area contributed by atoms with E-state index in [1.54, 1.807) is 23.5 Å². The molecule has 6 heteroatoms. The number of quaternary nitrogens is 1. The fourth-order valence-corrected chi connectivity index (χ4v) is 4.97. The smallest absolute Gasteiger partial charge is 0.275 e. The molecule has 2 N–H and O–H groups in total. The van der Waals surface area contributed by atoms with Crippen LogP contribution in [-0.4, -0.2) is 23.6 Å². The Morgan fingerprint density at radius 2 is 2.11 bits per heavy atom. The summed E-state index contributed by atoms with van der Waals surface area (Å²) < 4.78 is 15.5. The second kappa shape index (κ2) is 8.29. The first-order valence-corrected chi connectivity index (χ1v) is 10.5. The number of nitrogens with one attached hydrogen (secondary N) is 2. The molecule has 4 nitrogen and oxygen atoms in total. The van der Waals surface area contributed by atoms with Crippen molar-refractivity contribution in [1.29, 1.82) is 0 Å². The highest BCUT2D eigenvalue weighted by molar-refractivity contribution is 7.10. The minimum Gasteiger partial charge on any atom is -0.350 e. The average molecular weight is 399 g/mol. The van der Waals surface area contributed by atoms with Gasteiger partial charge in [-0.3, -0.25) is 4.79 Å². The van der Waals surface area contributed by atoms with Crippen molar-refractivity contribution in [3.05, 3.63) is 82.1 Å². The van der Waals surface area contributed by atoms with E-state index in [1.165, 1.54) is 22.7 Å². The lowest BCUT2D eigenvalue weighted by Crippen LogP contribution is -3.11. The highest BCUT2D eigenvalue weighted by Gasteiger charge is 2.33. The van der Waals surface area contributed by atoms with Crippen LogP contribution in [0.25, 0.3) is 0 Å². The Kier molecular flexibility index (Phi) is 5.59. The molecule has 1 saturated heterocycles. The van der Waals surface area contributed by atoms with Gasteiger partial charge in [-0.25, -0.2) is 4.39 Å². The first-order valence-electron chi connectivity index (χ1n) is 9.66. The van der Waals surface area contributed by atoms with Crippen molar-refractivity contribution in [1.82, 2.24) is 9.88 Å². The van der Waals surface area contributed by atoms with Gasteiger partial charge in [-0.2, -0.15) is 0 Å². The molecule has 1 fully saturated rings. The predicted molar refractivity (Wildman–Crippen MR) is 109 cm³/mol. The molecule has 146 valence electrons. The zero-order chi connectivity index (χ0) is 19.5. The minimum atomic E-state index is -0.271. The van der Waals surface area contributed by atoms with E-state index in [0.29, 0.717) is 12.6 Å². The standard InChI is InChI=1S/C22H24FN3OS/c1-25-12-2-5-18(25)19-6-3-13-26(19)15-21(27)24-22(20-7-4-14-28-20)16-8-10-17(23)11-9-16/h2,4-5,7-12,14,19,22H,3,6,13,15H2,1H3,(H,24,27)/p+1/t19-,22-/m0/s1. The van der Waals surface area contributed by atoms with Crippen LogP contribution < -0.4 is 10.2 Å². The van der Waals surface area contributed by atoms with E-state index in [9.17, 15) is 9.18 Å². The fraction of sp³-hybridized carbons (Fsp3) is 0.318. The molecule has 1 aromatic carbocycles. The third-order valence-corrected chi connectivity index (χ3v) is 6.49. The number of nitrogens with zero attached hydrogens (tertiary/aromatic N) is 1. The van der Waals surface area contributed by atoms with Gasteiger partial charge in [0.05, 0.1) is 18.3 Å². The zero-order valence-electron chi connectivity index (χ0n) is 15.9. The highest BCUT2D eigenvalue weighted by Crippen LogP contribution is 2.26. The van der Waals surface area contributed by atoms with Crippen LogP contribution in [0.4, 0.5) is 4.39 Å². The summed E-state index contributed by atoms with van der Waals surface area (Å²) in [7, 11) is 2.06. The number of rotatable bonds is 6. The molecule has 3 aromatic rings. The number of carbonyl (C=O) groups is 1. The van der Waals surface area contributed by atoms with E-state index in [4.69, 9.17) is 0 Å². The van der Waals surface area contributed by atoms with Crippen LogP contribution in [0, 0.1) is 5.82 Å². The number of halogens is 1. The Morgan fingerprint density at radius 1 is 1.29 bits per heavy atom. The SMILES string of the molecule is Cn1cccc1[C@@H]1CCC[NH+]1CC(=O)N[C@@H](c1ccc(F)cc1)c1cccs1. The van der Waals surface area contributed by atoms with Gasteiger partial charge in [0, 0.05) is 31.0 Å². The molecule has 28 heavy (non-hydrogen) atoms. The molecule has 1 aliphatic rings. The Balaban J connectivity index is 1.49. The lowest BCUT2D eigenvalue weighted by molar-refractivity contribution is -0.911. The zero-order valence-corrected chi connectivity index (χ0v) is 16.7. The molecule has 0 bridgehead atoms. The monoisotopic (exact) mass is 398 g/mol. The van der Waals surface area contributed by atoms with E-state index in [1.807, 2.05) is 17.5 Å². The fourth-order valence-electron chi connectivity index (χ4n) is 4.16. The number of aryl methyl sites for hydroxylation is 1. The summed E-state index contributed by atoms with van der Waals surface area (Å²) in [6.07, 6.45) is 4.30. The van der Waals surface area contributed by atoms with Crippen molar-refractivity contribution in [3.8, 4) is 0 Å². The molecule has 3 heterocycles. The van der Waals surface area contributed by atoms with Gasteiger partial charge in [0.1, 0.15) is 11.9 Å². The van der Waals surface area contributed by atoms with Crippen molar-refractivity contribution >= 4 is 17.2 Å². The van der Waals surface area contributed by atoms with E-state index in [0.717, 1.165) is 29.8 Å². The Morgan fingerprint density at radius 3 is 2.79 bits per heavy atom. The second-order valence-corrected chi connectivity index (χ2v) is 8.37. The first kappa shape index (κ1) is 18.9. The van der Waals surface area contributed by atoms with Crippen LogP contribution in [0.3, 0.4) is 0 Å². The van der Waals surface area contributed by atoms with Gasteiger partial charge in [-0.05, 0) is 41.3 Å². The van der Waals surface area contributed by atoms with Gasteiger partial charge in [-0.15, -0.1) is 11.3 Å². The van der Waals surface area contributed by atoms with Crippen molar-refractivity contribution in [2.45, 2.75) is 24.9 Å². The molecule has 3 atom stereocenters. The second-order valence-electron chi connectivity index (χ2n) is 7.39. The minimum absolute atomic E-state index is 0.0267. The normalized spacial score (nSPS) is 20.2. The number of carbonyl (C=O) groups excluding carboxylic acids is 1. The molecule has 0 saturated carbocycles. The van der Waals surface area contributed by atoms with Crippen LogP contribution in [0.5, 0.6) is 0 Å². The van der Waals surface area contributed by atoms with Crippen LogP contribution in [0.1, 0.15) is 41.1 Å². The maximum absolute atomic E-state index is 13.3. The lowest BCUT2D eigenvalue weighted by Gasteiger charge is -2.24. The van der Waals surface area contributed by atoms with Gasteiger partial charge in [-0.1, -0.05) is 18.2 Å². The first-order chi connectivity index (χ1) is 13.6. The maximum Gasteiger partial charge on any atom is 0.275 e. The molecule has 1 aliphatic heterocycles. The summed E-state index contributed by atoms with van der Waals surface area (Å²) in [4.78, 5) is 15.3. The quantitative estimate of drug-likeness (QED) is 0.659. The van der Waals surface area contributed by atoms with Crippen molar-refractivity contribution in [3.63, 3.8) is 0 Å². The van der Waals surface area contributed by atoms with Crippen molar-refractivity contribution < 1.29 is 14.1 Å². The van der Waals surface area contributed by atoms with Crippen LogP contribution >= 0.6 is 11.3 Å². The van der Waals surface area contributed by atoms with E-state index >= 15 is 0 Å². The van der Waals surface area contributed by atoms with Crippen LogP contribution in [0.15, 0.2) is 60.1 Å². The number of hydrogen-bond donors (Lipinski definition) is 2. The molecular formula is C22H25FN3OS+. The van der Waals surface area contributed by atoms with Gasteiger partial charge in [0.15, 0.2) is 6.54 Å². The van der Waals surface area contributed by atoms with Crippen molar-refractivity contribution in [2.75, 3.05) is 13.1 Å². The Labute approximate surface area is 168 Å². The van der Waals surface area contributed by atoms with E-state index < -0.39 is 0 Å². The third-order valence-electron chi connectivity index (χ3n) is 5.55. The molecule has 0 spiro atoms. The highest BCUT2D eigenvalue weighted by atomic mass is 32.1. The van der Waals surface area contributed by atoms with E-state index in [2.05, 4.69) is 35.3 Å². The Hall–Kier alpha value is -2.44. The molecule has 2 aromatic heterocycles. The topological polar surface area (TPSA) is 38.5 Å².